The summed E-state index contributed by atoms with van der Waals surface area (Å²) in [6.07, 6.45) is 2.04. The summed E-state index contributed by atoms with van der Waals surface area (Å²) in [6, 6.07) is 4.99. The second kappa shape index (κ2) is 6.55. The molecule has 2 rings (SSSR count). The zero-order chi connectivity index (χ0) is 14.7. The maximum atomic E-state index is 13.2. The third-order valence-corrected chi connectivity index (χ3v) is 4.38. The van der Waals surface area contributed by atoms with E-state index in [4.69, 9.17) is 16.7 Å². The van der Waals surface area contributed by atoms with Gasteiger partial charge in [-0.1, -0.05) is 17.7 Å². The van der Waals surface area contributed by atoms with Gasteiger partial charge in [0.05, 0.1) is 5.02 Å². The fourth-order valence-corrected chi connectivity index (χ4v) is 2.96. The van der Waals surface area contributed by atoms with Crippen molar-refractivity contribution in [1.29, 1.82) is 0 Å². The molecule has 0 amide bonds. The lowest BCUT2D eigenvalue weighted by molar-refractivity contribution is -0.138. The van der Waals surface area contributed by atoms with Crippen LogP contribution in [-0.2, 0) is 4.79 Å². The van der Waals surface area contributed by atoms with Crippen LogP contribution >= 0.6 is 11.6 Å². The number of hydrogen-bond acceptors (Lipinski definition) is 2. The molecule has 1 aromatic carbocycles. The van der Waals surface area contributed by atoms with Gasteiger partial charge in [-0.25, -0.2) is 4.39 Å². The summed E-state index contributed by atoms with van der Waals surface area (Å²) in [5, 5.41) is 8.96. The summed E-state index contributed by atoms with van der Waals surface area (Å²) < 4.78 is 13.2. The van der Waals surface area contributed by atoms with Crippen LogP contribution in [0.2, 0.25) is 5.02 Å². The number of hydrogen-bond donors (Lipinski definition) is 1. The van der Waals surface area contributed by atoms with Crippen LogP contribution < -0.4 is 0 Å². The predicted molar refractivity (Wildman–Crippen MR) is 76.4 cm³/mol. The molecule has 110 valence electrons. The minimum atomic E-state index is -0.721. The molecule has 1 aromatic rings. The fourth-order valence-electron chi connectivity index (χ4n) is 2.77. The highest BCUT2D eigenvalue weighted by Gasteiger charge is 2.25. The lowest BCUT2D eigenvalue weighted by Gasteiger charge is -2.36. The molecule has 1 N–H and O–H groups in total. The van der Waals surface area contributed by atoms with Gasteiger partial charge >= 0.3 is 5.97 Å². The molecule has 1 saturated heterocycles. The van der Waals surface area contributed by atoms with Crippen molar-refractivity contribution < 1.29 is 14.3 Å². The number of carbonyl (C=O) groups is 1. The van der Waals surface area contributed by atoms with Gasteiger partial charge in [0.1, 0.15) is 5.82 Å². The summed E-state index contributed by atoms with van der Waals surface area (Å²) in [5.41, 5.74) is 0.994. The first-order chi connectivity index (χ1) is 9.47. The molecule has 5 heteroatoms. The summed E-state index contributed by atoms with van der Waals surface area (Å²) in [7, 11) is 0. The molecule has 0 saturated carbocycles. The van der Waals surface area contributed by atoms with Crippen molar-refractivity contribution in [3.63, 3.8) is 0 Å². The molecule has 0 radical (unpaired) electrons. The Morgan fingerprint density at radius 1 is 1.50 bits per heavy atom. The molecule has 1 heterocycles. The number of halogens is 2. The van der Waals surface area contributed by atoms with Gasteiger partial charge in [-0.15, -0.1) is 0 Å². The van der Waals surface area contributed by atoms with Crippen LogP contribution in [0.5, 0.6) is 0 Å². The molecule has 1 unspecified atom stereocenters. The first kappa shape index (κ1) is 15.3. The van der Waals surface area contributed by atoms with Crippen molar-refractivity contribution in [2.75, 3.05) is 13.1 Å². The first-order valence-electron chi connectivity index (χ1n) is 6.88. The number of likely N-dealkylation sites (tertiary alicyclic amines) is 1. The van der Waals surface area contributed by atoms with E-state index in [1.807, 2.05) is 0 Å². The van der Waals surface area contributed by atoms with Crippen molar-refractivity contribution in [3.8, 4) is 0 Å². The number of aliphatic carboxylic acids is 1. The van der Waals surface area contributed by atoms with Crippen LogP contribution in [0.3, 0.4) is 0 Å². The highest BCUT2D eigenvalue weighted by molar-refractivity contribution is 6.30. The van der Waals surface area contributed by atoms with E-state index in [2.05, 4.69) is 11.8 Å². The van der Waals surface area contributed by atoms with E-state index < -0.39 is 11.8 Å². The smallest absolute Gasteiger partial charge is 0.303 e. The van der Waals surface area contributed by atoms with E-state index in [1.165, 1.54) is 6.07 Å². The van der Waals surface area contributed by atoms with Gasteiger partial charge < -0.3 is 5.11 Å². The molecule has 0 bridgehead atoms. The number of benzene rings is 1. The summed E-state index contributed by atoms with van der Waals surface area (Å²) in [4.78, 5) is 13.0. The van der Waals surface area contributed by atoms with E-state index in [-0.39, 0.29) is 23.4 Å². The highest BCUT2D eigenvalue weighted by atomic mass is 35.5. The van der Waals surface area contributed by atoms with Gasteiger partial charge in [-0.05, 0) is 56.5 Å². The Morgan fingerprint density at radius 2 is 2.15 bits per heavy atom. The topological polar surface area (TPSA) is 40.5 Å². The van der Waals surface area contributed by atoms with Gasteiger partial charge in [0.2, 0.25) is 0 Å². The number of rotatable bonds is 4. The SMILES string of the molecule is CC(c1ccc(F)c(Cl)c1)N1CCC(CC(=O)O)CC1. The van der Waals surface area contributed by atoms with Gasteiger partial charge in [0, 0.05) is 12.5 Å². The zero-order valence-electron chi connectivity index (χ0n) is 11.5. The van der Waals surface area contributed by atoms with Crippen molar-refractivity contribution in [3.05, 3.63) is 34.6 Å². The summed E-state index contributed by atoms with van der Waals surface area (Å²) in [5.74, 6) is -0.850. The van der Waals surface area contributed by atoms with Crippen LogP contribution in [0.15, 0.2) is 18.2 Å². The van der Waals surface area contributed by atoms with Crippen LogP contribution in [0.1, 0.15) is 37.8 Å². The normalized spacial score (nSPS) is 18.9. The molecular weight excluding hydrogens is 281 g/mol. The Labute approximate surface area is 123 Å². The maximum Gasteiger partial charge on any atom is 0.303 e. The van der Waals surface area contributed by atoms with Crippen LogP contribution in [-0.4, -0.2) is 29.1 Å². The van der Waals surface area contributed by atoms with Crippen molar-refractivity contribution in [2.45, 2.75) is 32.2 Å². The number of nitrogens with zero attached hydrogens (tertiary/aromatic N) is 1. The number of carboxylic acids is 1. The fraction of sp³-hybridized carbons (Fsp3) is 0.533. The largest absolute Gasteiger partial charge is 0.481 e. The van der Waals surface area contributed by atoms with Crippen molar-refractivity contribution >= 4 is 17.6 Å². The lowest BCUT2D eigenvalue weighted by atomic mass is 9.92. The molecule has 0 aromatic heterocycles. The Balaban J connectivity index is 1.95. The van der Waals surface area contributed by atoms with Gasteiger partial charge in [-0.3, -0.25) is 9.69 Å². The van der Waals surface area contributed by atoms with Gasteiger partial charge in [0.15, 0.2) is 0 Å². The lowest BCUT2D eigenvalue weighted by Crippen LogP contribution is -2.36. The molecule has 20 heavy (non-hydrogen) atoms. The average Bonchev–Trinajstić information content (AvgIpc) is 2.41. The highest BCUT2D eigenvalue weighted by Crippen LogP contribution is 2.29. The first-order valence-corrected chi connectivity index (χ1v) is 7.26. The second-order valence-corrected chi connectivity index (χ2v) is 5.83. The monoisotopic (exact) mass is 299 g/mol. The molecule has 3 nitrogen and oxygen atoms in total. The van der Waals surface area contributed by atoms with E-state index in [0.29, 0.717) is 0 Å². The predicted octanol–water partition coefficient (Wildman–Crippen LogP) is 3.73. The molecule has 1 aliphatic heterocycles. The third-order valence-electron chi connectivity index (χ3n) is 4.09. The Hall–Kier alpha value is -1.13. The van der Waals surface area contributed by atoms with Crippen LogP contribution in [0.4, 0.5) is 4.39 Å². The zero-order valence-corrected chi connectivity index (χ0v) is 12.2. The van der Waals surface area contributed by atoms with E-state index in [9.17, 15) is 9.18 Å². The number of piperidine rings is 1. The molecule has 1 atom stereocenters. The van der Waals surface area contributed by atoms with E-state index >= 15 is 0 Å². The molecule has 1 fully saturated rings. The molecule has 1 aliphatic rings. The average molecular weight is 300 g/mol. The maximum absolute atomic E-state index is 13.2. The van der Waals surface area contributed by atoms with Crippen molar-refractivity contribution in [1.82, 2.24) is 4.90 Å². The Morgan fingerprint density at radius 3 is 2.70 bits per heavy atom. The van der Waals surface area contributed by atoms with Gasteiger partial charge in [0.25, 0.3) is 0 Å². The van der Waals surface area contributed by atoms with E-state index in [0.717, 1.165) is 31.5 Å². The van der Waals surface area contributed by atoms with Crippen LogP contribution in [0, 0.1) is 11.7 Å². The summed E-state index contributed by atoms with van der Waals surface area (Å²) in [6.45, 7) is 3.81. The van der Waals surface area contributed by atoms with Gasteiger partial charge in [-0.2, -0.15) is 0 Å². The van der Waals surface area contributed by atoms with Crippen LogP contribution in [0.25, 0.3) is 0 Å². The van der Waals surface area contributed by atoms with E-state index in [1.54, 1.807) is 12.1 Å². The second-order valence-electron chi connectivity index (χ2n) is 5.43. The Kier molecular flexibility index (Phi) is 5.00. The summed E-state index contributed by atoms with van der Waals surface area (Å²) >= 11 is 5.82. The molecule has 0 aliphatic carbocycles. The van der Waals surface area contributed by atoms with Crippen molar-refractivity contribution in [2.24, 2.45) is 5.92 Å². The Bertz CT molecular complexity index is 487. The molecular formula is C15H19ClFNO2. The third kappa shape index (κ3) is 3.70. The quantitative estimate of drug-likeness (QED) is 0.921. The number of carboxylic acid groups (broad SMARTS) is 1. The molecule has 0 spiro atoms. The standard InChI is InChI=1S/C15H19ClFNO2/c1-10(12-2-3-14(17)13(16)9-12)18-6-4-11(5-7-18)8-15(19)20/h2-3,9-11H,4-8H2,1H3,(H,19,20). The minimum absolute atomic E-state index is 0.148. The minimum Gasteiger partial charge on any atom is -0.481 e.